The Bertz CT molecular complexity index is 327. The van der Waals surface area contributed by atoms with Crippen molar-refractivity contribution in [3.63, 3.8) is 0 Å². The molecule has 1 N–H and O–H groups in total. The summed E-state index contributed by atoms with van der Waals surface area (Å²) in [5.41, 5.74) is 0.651. The van der Waals surface area contributed by atoms with Crippen LogP contribution in [0.5, 0.6) is 0 Å². The summed E-state index contributed by atoms with van der Waals surface area (Å²) in [5.74, 6) is 0.0847. The molecule has 0 spiro atoms. The number of nitrogens with zero attached hydrogens (tertiary/aromatic N) is 1. The van der Waals surface area contributed by atoms with Gasteiger partial charge in [0.2, 0.25) is 0 Å². The summed E-state index contributed by atoms with van der Waals surface area (Å²) in [7, 11) is 1.92. The van der Waals surface area contributed by atoms with E-state index in [0.29, 0.717) is 11.6 Å². The summed E-state index contributed by atoms with van der Waals surface area (Å²) >= 11 is 0. The second kappa shape index (κ2) is 5.92. The molecule has 0 saturated carbocycles. The monoisotopic (exact) mass is 244 g/mol. The molecule has 1 fully saturated rings. The van der Waals surface area contributed by atoms with E-state index >= 15 is 0 Å². The van der Waals surface area contributed by atoms with Gasteiger partial charge >= 0.3 is 0 Å². The van der Waals surface area contributed by atoms with Gasteiger partial charge in [-0.1, -0.05) is 0 Å². The van der Waals surface area contributed by atoms with Crippen LogP contribution in [0.25, 0.3) is 0 Å². The SMILES string of the molecule is CNCC1CCCN1C(=O)c1ccoc1.Cl. The molecule has 16 heavy (non-hydrogen) atoms. The maximum atomic E-state index is 12.0. The number of likely N-dealkylation sites (tertiary alicyclic amines) is 1. The first-order chi connectivity index (χ1) is 7.33. The molecule has 0 aromatic carbocycles. The molecule has 1 amide bonds. The van der Waals surface area contributed by atoms with Gasteiger partial charge in [-0.3, -0.25) is 4.79 Å². The van der Waals surface area contributed by atoms with Gasteiger partial charge in [-0.25, -0.2) is 0 Å². The van der Waals surface area contributed by atoms with Gasteiger partial charge in [-0.15, -0.1) is 12.4 Å². The van der Waals surface area contributed by atoms with Crippen molar-refractivity contribution >= 4 is 18.3 Å². The third kappa shape index (κ3) is 2.57. The van der Waals surface area contributed by atoms with Gasteiger partial charge < -0.3 is 14.6 Å². The molecular weight excluding hydrogens is 228 g/mol. The average Bonchev–Trinajstić information content (AvgIpc) is 2.87. The third-order valence-electron chi connectivity index (χ3n) is 2.85. The minimum Gasteiger partial charge on any atom is -0.472 e. The highest BCUT2D eigenvalue weighted by Gasteiger charge is 2.28. The molecule has 1 aromatic heterocycles. The van der Waals surface area contributed by atoms with Gasteiger partial charge in [0, 0.05) is 19.1 Å². The number of nitrogens with one attached hydrogen (secondary N) is 1. The van der Waals surface area contributed by atoms with Crippen LogP contribution in [0.3, 0.4) is 0 Å². The van der Waals surface area contributed by atoms with E-state index in [1.165, 1.54) is 12.5 Å². The zero-order valence-corrected chi connectivity index (χ0v) is 10.1. The van der Waals surface area contributed by atoms with Gasteiger partial charge in [-0.2, -0.15) is 0 Å². The molecule has 90 valence electrons. The second-order valence-corrected chi connectivity index (χ2v) is 3.86. The molecule has 0 aliphatic carbocycles. The molecule has 1 unspecified atom stereocenters. The van der Waals surface area contributed by atoms with Crippen LogP contribution in [0.4, 0.5) is 0 Å². The van der Waals surface area contributed by atoms with Crippen molar-refractivity contribution in [3.8, 4) is 0 Å². The van der Waals surface area contributed by atoms with Gasteiger partial charge in [0.05, 0.1) is 11.8 Å². The van der Waals surface area contributed by atoms with Gasteiger partial charge in [0.1, 0.15) is 6.26 Å². The van der Waals surface area contributed by atoms with Gasteiger partial charge in [0.25, 0.3) is 5.91 Å². The lowest BCUT2D eigenvalue weighted by molar-refractivity contribution is 0.0736. The largest absolute Gasteiger partial charge is 0.472 e. The Morgan fingerprint density at radius 1 is 1.69 bits per heavy atom. The van der Waals surface area contributed by atoms with Crippen molar-refractivity contribution in [1.29, 1.82) is 0 Å². The standard InChI is InChI=1S/C11H16N2O2.ClH/c1-12-7-10-3-2-5-13(10)11(14)9-4-6-15-8-9;/h4,6,8,10,12H,2-3,5,7H2,1H3;1H. The molecule has 1 aliphatic heterocycles. The number of hydrogen-bond acceptors (Lipinski definition) is 3. The van der Waals surface area contributed by atoms with Crippen molar-refractivity contribution in [2.75, 3.05) is 20.1 Å². The van der Waals surface area contributed by atoms with Crippen LogP contribution in [0.2, 0.25) is 0 Å². The fraction of sp³-hybridized carbons (Fsp3) is 0.545. The molecule has 1 aliphatic rings. The number of rotatable bonds is 3. The second-order valence-electron chi connectivity index (χ2n) is 3.86. The summed E-state index contributed by atoms with van der Waals surface area (Å²) < 4.78 is 4.93. The first kappa shape index (κ1) is 13.1. The maximum absolute atomic E-state index is 12.0. The van der Waals surface area contributed by atoms with E-state index in [1.807, 2.05) is 11.9 Å². The molecule has 0 radical (unpaired) electrons. The molecule has 1 saturated heterocycles. The molecule has 4 nitrogen and oxygen atoms in total. The number of amides is 1. The van der Waals surface area contributed by atoms with E-state index in [4.69, 9.17) is 4.42 Å². The fourth-order valence-corrected chi connectivity index (χ4v) is 2.10. The Kier molecular flexibility index (Phi) is 4.83. The summed E-state index contributed by atoms with van der Waals surface area (Å²) in [6.45, 7) is 1.72. The fourth-order valence-electron chi connectivity index (χ4n) is 2.10. The van der Waals surface area contributed by atoms with Gasteiger partial charge in [0.15, 0.2) is 0 Å². The van der Waals surface area contributed by atoms with E-state index in [2.05, 4.69) is 5.32 Å². The van der Waals surface area contributed by atoms with Crippen LogP contribution in [0, 0.1) is 0 Å². The van der Waals surface area contributed by atoms with Crippen molar-refractivity contribution in [2.24, 2.45) is 0 Å². The first-order valence-corrected chi connectivity index (χ1v) is 5.30. The molecular formula is C11H17ClN2O2. The number of furan rings is 1. The van der Waals surface area contributed by atoms with Crippen LogP contribution in [-0.2, 0) is 0 Å². The summed E-state index contributed by atoms with van der Waals surface area (Å²) in [6, 6.07) is 2.05. The number of carbonyl (C=O) groups is 1. The van der Waals surface area contributed by atoms with E-state index in [9.17, 15) is 4.79 Å². The number of likely N-dealkylation sites (N-methyl/N-ethyl adjacent to an activating group) is 1. The van der Waals surface area contributed by atoms with Crippen molar-refractivity contribution in [1.82, 2.24) is 10.2 Å². The predicted molar refractivity (Wildman–Crippen MR) is 63.9 cm³/mol. The maximum Gasteiger partial charge on any atom is 0.257 e. The van der Waals surface area contributed by atoms with Crippen molar-refractivity contribution in [2.45, 2.75) is 18.9 Å². The lowest BCUT2D eigenvalue weighted by Gasteiger charge is -2.23. The molecule has 2 rings (SSSR count). The summed E-state index contributed by atoms with van der Waals surface area (Å²) in [6.07, 6.45) is 5.23. The summed E-state index contributed by atoms with van der Waals surface area (Å²) in [5, 5.41) is 3.12. The quantitative estimate of drug-likeness (QED) is 0.877. The Morgan fingerprint density at radius 3 is 3.12 bits per heavy atom. The average molecular weight is 245 g/mol. The molecule has 1 aromatic rings. The number of carbonyl (C=O) groups excluding carboxylic acids is 1. The zero-order valence-electron chi connectivity index (χ0n) is 9.31. The molecule has 0 bridgehead atoms. The Labute approximate surface area is 101 Å². The van der Waals surface area contributed by atoms with Gasteiger partial charge in [-0.05, 0) is 26.0 Å². The molecule has 5 heteroatoms. The van der Waals surface area contributed by atoms with E-state index in [0.717, 1.165) is 25.9 Å². The zero-order chi connectivity index (χ0) is 10.7. The van der Waals surface area contributed by atoms with Crippen molar-refractivity contribution < 1.29 is 9.21 Å². The van der Waals surface area contributed by atoms with Crippen molar-refractivity contribution in [3.05, 3.63) is 24.2 Å². The lowest BCUT2D eigenvalue weighted by Crippen LogP contribution is -2.40. The highest BCUT2D eigenvalue weighted by atomic mass is 35.5. The van der Waals surface area contributed by atoms with Crippen LogP contribution >= 0.6 is 12.4 Å². The first-order valence-electron chi connectivity index (χ1n) is 5.30. The van der Waals surface area contributed by atoms with Crippen LogP contribution in [0.1, 0.15) is 23.2 Å². The van der Waals surface area contributed by atoms with E-state index in [-0.39, 0.29) is 18.3 Å². The highest BCUT2D eigenvalue weighted by molar-refractivity contribution is 5.94. The minimum atomic E-state index is 0. The Balaban J connectivity index is 0.00000128. The smallest absolute Gasteiger partial charge is 0.257 e. The van der Waals surface area contributed by atoms with Crippen LogP contribution < -0.4 is 5.32 Å². The van der Waals surface area contributed by atoms with Crippen LogP contribution in [0.15, 0.2) is 23.0 Å². The van der Waals surface area contributed by atoms with E-state index in [1.54, 1.807) is 6.07 Å². The Morgan fingerprint density at radius 2 is 2.50 bits per heavy atom. The van der Waals surface area contributed by atoms with Crippen LogP contribution in [-0.4, -0.2) is 37.0 Å². The lowest BCUT2D eigenvalue weighted by atomic mass is 10.2. The minimum absolute atomic E-state index is 0. The number of halogens is 1. The molecule has 2 heterocycles. The highest BCUT2D eigenvalue weighted by Crippen LogP contribution is 2.19. The third-order valence-corrected chi connectivity index (χ3v) is 2.85. The Hall–Kier alpha value is -1.00. The predicted octanol–water partition coefficient (Wildman–Crippen LogP) is 1.53. The molecule has 1 atom stereocenters. The topological polar surface area (TPSA) is 45.5 Å². The van der Waals surface area contributed by atoms with E-state index < -0.39 is 0 Å². The number of hydrogen-bond donors (Lipinski definition) is 1. The summed E-state index contributed by atoms with van der Waals surface area (Å²) in [4.78, 5) is 14.0. The normalized spacial score (nSPS) is 19.6.